The van der Waals surface area contributed by atoms with Crippen molar-refractivity contribution in [2.24, 2.45) is 0 Å². The van der Waals surface area contributed by atoms with Crippen LogP contribution in [0.3, 0.4) is 0 Å². The topological polar surface area (TPSA) is 46.5 Å². The number of aryl methyl sites for hydroxylation is 1. The molecule has 0 heterocycles. The minimum absolute atomic E-state index is 0.155. The highest BCUT2D eigenvalue weighted by atomic mass is 79.9. The average molecular weight is 429 g/mol. The molecule has 1 N–H and O–H groups in total. The summed E-state index contributed by atoms with van der Waals surface area (Å²) in [7, 11) is 0. The third-order valence-electron chi connectivity index (χ3n) is 5.39. The Bertz CT molecular complexity index is 883. The molecular weight excluding hydrogens is 404 g/mol. The van der Waals surface area contributed by atoms with Gasteiger partial charge in [0.1, 0.15) is 12.4 Å². The summed E-state index contributed by atoms with van der Waals surface area (Å²) in [6.07, 6.45) is 4.04. The van der Waals surface area contributed by atoms with Crippen LogP contribution in [0.4, 0.5) is 0 Å². The van der Waals surface area contributed by atoms with E-state index in [-0.39, 0.29) is 6.42 Å². The fourth-order valence-corrected chi connectivity index (χ4v) is 4.21. The maximum Gasteiger partial charge on any atom is 0.303 e. The Labute approximate surface area is 169 Å². The van der Waals surface area contributed by atoms with Gasteiger partial charge in [-0.3, -0.25) is 4.79 Å². The van der Waals surface area contributed by atoms with Crippen LogP contribution in [-0.4, -0.2) is 17.7 Å². The number of rotatable bonds is 7. The van der Waals surface area contributed by atoms with E-state index in [1.54, 1.807) is 0 Å². The van der Waals surface area contributed by atoms with Gasteiger partial charge in [0.05, 0.1) is 0 Å². The molecule has 0 unspecified atom stereocenters. The van der Waals surface area contributed by atoms with Gasteiger partial charge in [-0.25, -0.2) is 0 Å². The number of ether oxygens (including phenoxy) is 1. The van der Waals surface area contributed by atoms with E-state index in [1.165, 1.54) is 23.1 Å². The summed E-state index contributed by atoms with van der Waals surface area (Å²) in [5.74, 6) is 0.123. The standard InChI is InChI=1S/C23H25BrO3/c1-15-16(2)22(12-10-17(15)11-13-23(25)26)27-14-18-6-5-8-19(18)20-7-3-4-9-21(20)24/h3-4,7,9-10,12H,5-6,8,11,13-14H2,1-2H3,(H,25,26). The van der Waals surface area contributed by atoms with Gasteiger partial charge in [-0.2, -0.15) is 0 Å². The molecule has 4 heteroatoms. The smallest absolute Gasteiger partial charge is 0.303 e. The zero-order valence-corrected chi connectivity index (χ0v) is 17.4. The van der Waals surface area contributed by atoms with Crippen molar-refractivity contribution in [1.82, 2.24) is 0 Å². The highest BCUT2D eigenvalue weighted by Crippen LogP contribution is 2.37. The van der Waals surface area contributed by atoms with Crippen molar-refractivity contribution in [2.75, 3.05) is 6.61 Å². The molecule has 27 heavy (non-hydrogen) atoms. The maximum absolute atomic E-state index is 10.8. The lowest BCUT2D eigenvalue weighted by molar-refractivity contribution is -0.136. The molecule has 0 spiro atoms. The minimum atomic E-state index is -0.764. The van der Waals surface area contributed by atoms with Gasteiger partial charge in [-0.05, 0) is 85.1 Å². The van der Waals surface area contributed by atoms with Crippen LogP contribution in [0.5, 0.6) is 5.75 Å². The van der Waals surface area contributed by atoms with Gasteiger partial charge in [0.2, 0.25) is 0 Å². The maximum atomic E-state index is 10.8. The SMILES string of the molecule is Cc1c(CCC(=O)O)ccc(OCC2=C(c3ccccc3Br)CCC2)c1C. The van der Waals surface area contributed by atoms with Crippen LogP contribution in [-0.2, 0) is 11.2 Å². The lowest BCUT2D eigenvalue weighted by atomic mass is 9.99. The highest BCUT2D eigenvalue weighted by Gasteiger charge is 2.19. The first-order valence-corrected chi connectivity index (χ1v) is 10.2. The van der Waals surface area contributed by atoms with E-state index >= 15 is 0 Å². The number of carboxylic acid groups (broad SMARTS) is 1. The van der Waals surface area contributed by atoms with Crippen LogP contribution in [0.2, 0.25) is 0 Å². The van der Waals surface area contributed by atoms with Crippen molar-refractivity contribution in [3.05, 3.63) is 68.7 Å². The summed E-state index contributed by atoms with van der Waals surface area (Å²) < 4.78 is 7.32. The number of hydrogen-bond acceptors (Lipinski definition) is 2. The van der Waals surface area contributed by atoms with Crippen molar-refractivity contribution in [3.63, 3.8) is 0 Å². The number of carbonyl (C=O) groups is 1. The van der Waals surface area contributed by atoms with E-state index < -0.39 is 5.97 Å². The minimum Gasteiger partial charge on any atom is -0.489 e. The summed E-state index contributed by atoms with van der Waals surface area (Å²) in [5.41, 5.74) is 7.34. The lowest BCUT2D eigenvalue weighted by Gasteiger charge is -2.16. The van der Waals surface area contributed by atoms with Crippen LogP contribution < -0.4 is 4.74 Å². The molecule has 0 fully saturated rings. The lowest BCUT2D eigenvalue weighted by Crippen LogP contribution is -2.05. The predicted octanol–water partition coefficient (Wildman–Crippen LogP) is 6.10. The Morgan fingerprint density at radius 3 is 2.63 bits per heavy atom. The Morgan fingerprint density at radius 2 is 1.89 bits per heavy atom. The van der Waals surface area contributed by atoms with Crippen LogP contribution >= 0.6 is 15.9 Å². The Kier molecular flexibility index (Phi) is 6.38. The monoisotopic (exact) mass is 428 g/mol. The summed E-state index contributed by atoms with van der Waals surface area (Å²) in [5, 5.41) is 8.90. The summed E-state index contributed by atoms with van der Waals surface area (Å²) in [6.45, 7) is 4.69. The Morgan fingerprint density at radius 1 is 1.11 bits per heavy atom. The number of halogens is 1. The van der Waals surface area contributed by atoms with E-state index in [2.05, 4.69) is 34.1 Å². The molecule has 0 atom stereocenters. The fourth-order valence-electron chi connectivity index (χ4n) is 3.68. The Hall–Kier alpha value is -2.07. The molecule has 0 saturated heterocycles. The predicted molar refractivity (Wildman–Crippen MR) is 112 cm³/mol. The van der Waals surface area contributed by atoms with Crippen molar-refractivity contribution in [3.8, 4) is 5.75 Å². The molecule has 0 saturated carbocycles. The molecular formula is C23H25BrO3. The number of carboxylic acids is 1. The third kappa shape index (κ3) is 4.62. The van der Waals surface area contributed by atoms with Crippen molar-refractivity contribution in [2.45, 2.75) is 46.0 Å². The number of allylic oxidation sites excluding steroid dienone is 1. The van der Waals surface area contributed by atoms with Gasteiger partial charge in [0.25, 0.3) is 0 Å². The molecule has 0 bridgehead atoms. The van der Waals surface area contributed by atoms with Gasteiger partial charge >= 0.3 is 5.97 Å². The zero-order chi connectivity index (χ0) is 19.4. The first kappa shape index (κ1) is 19.7. The molecule has 0 amide bonds. The number of hydrogen-bond donors (Lipinski definition) is 1. The molecule has 142 valence electrons. The van der Waals surface area contributed by atoms with E-state index in [0.717, 1.165) is 39.8 Å². The normalized spacial score (nSPS) is 13.9. The molecule has 3 nitrogen and oxygen atoms in total. The van der Waals surface area contributed by atoms with Crippen LogP contribution in [0.15, 0.2) is 46.4 Å². The zero-order valence-electron chi connectivity index (χ0n) is 15.8. The van der Waals surface area contributed by atoms with Crippen LogP contribution in [0, 0.1) is 13.8 Å². The van der Waals surface area contributed by atoms with E-state index in [1.807, 2.05) is 32.0 Å². The van der Waals surface area contributed by atoms with Crippen molar-refractivity contribution >= 4 is 27.5 Å². The average Bonchev–Trinajstić information content (AvgIpc) is 3.10. The second kappa shape index (κ2) is 8.75. The molecule has 2 aromatic carbocycles. The Balaban J connectivity index is 1.76. The van der Waals surface area contributed by atoms with Crippen LogP contribution in [0.25, 0.3) is 5.57 Å². The van der Waals surface area contributed by atoms with Gasteiger partial charge in [0, 0.05) is 10.9 Å². The molecule has 1 aliphatic rings. The molecule has 2 aromatic rings. The second-order valence-electron chi connectivity index (χ2n) is 7.07. The van der Waals surface area contributed by atoms with Gasteiger partial charge in [-0.1, -0.05) is 40.2 Å². The molecule has 0 aliphatic heterocycles. The molecule has 0 aromatic heterocycles. The first-order chi connectivity index (χ1) is 13.0. The third-order valence-corrected chi connectivity index (χ3v) is 6.08. The van der Waals surface area contributed by atoms with Gasteiger partial charge in [0.15, 0.2) is 0 Å². The van der Waals surface area contributed by atoms with E-state index in [0.29, 0.717) is 13.0 Å². The molecule has 0 radical (unpaired) electrons. The molecule has 3 rings (SSSR count). The van der Waals surface area contributed by atoms with E-state index in [4.69, 9.17) is 9.84 Å². The van der Waals surface area contributed by atoms with E-state index in [9.17, 15) is 4.79 Å². The van der Waals surface area contributed by atoms with Gasteiger partial charge in [-0.15, -0.1) is 0 Å². The summed E-state index contributed by atoms with van der Waals surface area (Å²) in [6, 6.07) is 12.3. The fraction of sp³-hybridized carbons (Fsp3) is 0.348. The largest absolute Gasteiger partial charge is 0.489 e. The van der Waals surface area contributed by atoms with Crippen molar-refractivity contribution in [1.29, 1.82) is 0 Å². The van der Waals surface area contributed by atoms with Gasteiger partial charge < -0.3 is 9.84 Å². The quantitative estimate of drug-likeness (QED) is 0.579. The number of aliphatic carboxylic acids is 1. The summed E-state index contributed by atoms with van der Waals surface area (Å²) in [4.78, 5) is 10.8. The van der Waals surface area contributed by atoms with Crippen molar-refractivity contribution < 1.29 is 14.6 Å². The summed E-state index contributed by atoms with van der Waals surface area (Å²) >= 11 is 3.67. The number of benzene rings is 2. The molecule has 1 aliphatic carbocycles. The second-order valence-corrected chi connectivity index (χ2v) is 7.93. The van der Waals surface area contributed by atoms with Crippen LogP contribution in [0.1, 0.15) is 47.9 Å². The first-order valence-electron chi connectivity index (χ1n) is 9.37. The highest BCUT2D eigenvalue weighted by molar-refractivity contribution is 9.10.